The molecule has 0 spiro atoms. The molecule has 3 heterocycles. The van der Waals surface area contributed by atoms with Crippen LogP contribution < -0.4 is 9.64 Å². The maximum Gasteiger partial charge on any atom is 0.240 e. The van der Waals surface area contributed by atoms with E-state index in [0.29, 0.717) is 26.5 Å². The van der Waals surface area contributed by atoms with Crippen molar-refractivity contribution in [3.05, 3.63) is 99.1 Å². The van der Waals surface area contributed by atoms with Crippen LogP contribution in [-0.2, 0) is 9.59 Å². The Kier molecular flexibility index (Phi) is 5.50. The summed E-state index contributed by atoms with van der Waals surface area (Å²) in [5.74, 6) is -1.98. The molecular formula is C28H20BrClN2O4. The Morgan fingerprint density at radius 3 is 2.44 bits per heavy atom. The number of nitrogens with zero attached hydrogens (tertiary/aromatic N) is 2. The highest BCUT2D eigenvalue weighted by molar-refractivity contribution is 9.10. The third kappa shape index (κ3) is 3.26. The largest absolute Gasteiger partial charge is 0.496 e. The Morgan fingerprint density at radius 1 is 0.972 bits per heavy atom. The zero-order chi connectivity index (χ0) is 25.1. The topological polar surface area (TPSA) is 66.9 Å². The van der Waals surface area contributed by atoms with Crippen molar-refractivity contribution < 1.29 is 19.1 Å². The minimum Gasteiger partial charge on any atom is -0.496 e. The summed E-state index contributed by atoms with van der Waals surface area (Å²) < 4.78 is 5.94. The first-order valence-corrected chi connectivity index (χ1v) is 12.6. The Morgan fingerprint density at radius 2 is 1.69 bits per heavy atom. The van der Waals surface area contributed by atoms with Crippen molar-refractivity contribution in [2.45, 2.75) is 12.1 Å². The first-order valence-electron chi connectivity index (χ1n) is 11.5. The number of Topliss-reactive ketones (excluding diaryl/α,β-unsaturated/α-hetero) is 1. The van der Waals surface area contributed by atoms with E-state index in [4.69, 9.17) is 16.3 Å². The number of ether oxygens (including phenoxy) is 1. The molecule has 0 unspecified atom stereocenters. The lowest BCUT2D eigenvalue weighted by Crippen LogP contribution is -2.44. The molecule has 8 heteroatoms. The van der Waals surface area contributed by atoms with Crippen LogP contribution in [0.25, 0.3) is 6.08 Å². The van der Waals surface area contributed by atoms with Gasteiger partial charge < -0.3 is 9.64 Å². The number of anilines is 1. The number of imide groups is 1. The van der Waals surface area contributed by atoms with Crippen LogP contribution in [0, 0.1) is 11.8 Å². The van der Waals surface area contributed by atoms with Crippen molar-refractivity contribution >= 4 is 56.9 Å². The van der Waals surface area contributed by atoms with Crippen LogP contribution >= 0.6 is 27.5 Å². The zero-order valence-electron chi connectivity index (χ0n) is 19.1. The molecule has 3 aliphatic rings. The van der Waals surface area contributed by atoms with E-state index in [1.54, 1.807) is 49.6 Å². The van der Waals surface area contributed by atoms with E-state index >= 15 is 0 Å². The van der Waals surface area contributed by atoms with Crippen molar-refractivity contribution in [1.82, 2.24) is 4.90 Å². The predicted molar refractivity (Wildman–Crippen MR) is 140 cm³/mol. The van der Waals surface area contributed by atoms with Gasteiger partial charge in [-0.3, -0.25) is 14.4 Å². The molecule has 3 aromatic carbocycles. The maximum atomic E-state index is 14.0. The quantitative estimate of drug-likeness (QED) is 0.309. The minimum absolute atomic E-state index is 0.234. The number of rotatable bonds is 4. The van der Waals surface area contributed by atoms with Gasteiger partial charge in [0, 0.05) is 11.8 Å². The fourth-order valence-electron chi connectivity index (χ4n) is 5.72. The number of halogens is 2. The monoisotopic (exact) mass is 562 g/mol. The molecule has 3 aromatic rings. The van der Waals surface area contributed by atoms with Crippen LogP contribution in [0.15, 0.2) is 77.4 Å². The smallest absolute Gasteiger partial charge is 0.240 e. The molecule has 3 aliphatic heterocycles. The second kappa shape index (κ2) is 8.61. The summed E-state index contributed by atoms with van der Waals surface area (Å²) >= 11 is 9.85. The van der Waals surface area contributed by atoms with Gasteiger partial charge in [0.2, 0.25) is 11.8 Å². The van der Waals surface area contributed by atoms with Gasteiger partial charge in [-0.15, -0.1) is 0 Å². The molecule has 2 saturated heterocycles. The Bertz CT molecular complexity index is 1470. The number of ketones is 1. The molecular weight excluding hydrogens is 544 g/mol. The maximum absolute atomic E-state index is 14.0. The number of methoxy groups -OCH3 is 1. The Hall–Kier alpha value is -3.42. The SMILES string of the molecule is COc1ccc(C(=O)[C@H]2[C@H]3C(=O)N(c4ccccc4Cl)C(=O)[C@@H]3[C@H]3c4ccccc4C=CN32)cc1Br. The Labute approximate surface area is 221 Å². The molecule has 4 atom stereocenters. The van der Waals surface area contributed by atoms with E-state index in [0.717, 1.165) is 11.1 Å². The number of amides is 2. The molecule has 0 bridgehead atoms. The van der Waals surface area contributed by atoms with Gasteiger partial charge in [0.25, 0.3) is 0 Å². The fraction of sp³-hybridized carbons (Fsp3) is 0.179. The summed E-state index contributed by atoms with van der Waals surface area (Å²) in [4.78, 5) is 44.9. The summed E-state index contributed by atoms with van der Waals surface area (Å²) in [6, 6.07) is 18.3. The van der Waals surface area contributed by atoms with Gasteiger partial charge in [0.15, 0.2) is 5.78 Å². The highest BCUT2D eigenvalue weighted by Crippen LogP contribution is 2.54. The van der Waals surface area contributed by atoms with Gasteiger partial charge in [-0.25, -0.2) is 4.90 Å². The number of para-hydroxylation sites is 1. The molecule has 6 nitrogen and oxygen atoms in total. The zero-order valence-corrected chi connectivity index (χ0v) is 21.4. The van der Waals surface area contributed by atoms with Gasteiger partial charge in [0.1, 0.15) is 11.8 Å². The van der Waals surface area contributed by atoms with Crippen molar-refractivity contribution in [1.29, 1.82) is 0 Å². The summed E-state index contributed by atoms with van der Waals surface area (Å²) in [6.07, 6.45) is 3.77. The summed E-state index contributed by atoms with van der Waals surface area (Å²) in [6.45, 7) is 0. The Balaban J connectivity index is 1.50. The van der Waals surface area contributed by atoms with Gasteiger partial charge in [0.05, 0.1) is 40.2 Å². The van der Waals surface area contributed by atoms with Crippen molar-refractivity contribution in [2.24, 2.45) is 11.8 Å². The third-order valence-corrected chi connectivity index (χ3v) is 8.20. The predicted octanol–water partition coefficient (Wildman–Crippen LogP) is 5.51. The second-order valence-corrected chi connectivity index (χ2v) is 10.3. The van der Waals surface area contributed by atoms with Crippen LogP contribution in [0.1, 0.15) is 27.5 Å². The number of fused-ring (bicyclic) bond motifs is 5. The normalized spacial score (nSPS) is 24.0. The molecule has 0 aliphatic carbocycles. The van der Waals surface area contributed by atoms with Gasteiger partial charge in [-0.1, -0.05) is 48.0 Å². The second-order valence-electron chi connectivity index (χ2n) is 9.01. The first-order chi connectivity index (χ1) is 17.4. The van der Waals surface area contributed by atoms with Gasteiger partial charge in [-0.2, -0.15) is 0 Å². The molecule has 2 fully saturated rings. The van der Waals surface area contributed by atoms with Crippen molar-refractivity contribution in [3.8, 4) is 5.75 Å². The standard InChI is InChI=1S/C28H20BrClN2O4/c1-36-21-11-10-16(14-18(21)29)26(33)25-23-22(24-17-7-3-2-6-15(17)12-13-31(24)25)27(34)32(28(23)35)20-9-5-4-8-19(20)30/h2-14,22-25H,1H3/t22-,23-,24+,25+/m0/s1. The number of carbonyl (C=O) groups is 3. The molecule has 180 valence electrons. The van der Waals surface area contributed by atoms with E-state index in [1.807, 2.05) is 41.4 Å². The lowest BCUT2D eigenvalue weighted by atomic mass is 9.83. The third-order valence-electron chi connectivity index (χ3n) is 7.26. The highest BCUT2D eigenvalue weighted by atomic mass is 79.9. The highest BCUT2D eigenvalue weighted by Gasteiger charge is 2.64. The van der Waals surface area contributed by atoms with Crippen LogP contribution in [0.4, 0.5) is 5.69 Å². The lowest BCUT2D eigenvalue weighted by Gasteiger charge is -2.35. The van der Waals surface area contributed by atoms with Crippen molar-refractivity contribution in [3.63, 3.8) is 0 Å². The number of carbonyl (C=O) groups excluding carboxylic acids is 3. The van der Waals surface area contributed by atoms with Crippen molar-refractivity contribution in [2.75, 3.05) is 12.0 Å². The molecule has 0 saturated carbocycles. The minimum atomic E-state index is -0.858. The van der Waals surface area contributed by atoms with E-state index < -0.39 is 29.8 Å². The molecule has 0 N–H and O–H groups in total. The first kappa shape index (κ1) is 23.0. The lowest BCUT2D eigenvalue weighted by molar-refractivity contribution is -0.123. The number of benzene rings is 3. The van der Waals surface area contributed by atoms with Gasteiger partial charge >= 0.3 is 0 Å². The molecule has 0 aromatic heterocycles. The van der Waals surface area contributed by atoms with Crippen LogP contribution in [0.5, 0.6) is 5.75 Å². The molecule has 36 heavy (non-hydrogen) atoms. The summed E-state index contributed by atoms with van der Waals surface area (Å²) in [7, 11) is 1.55. The molecule has 6 rings (SSSR count). The van der Waals surface area contributed by atoms with E-state index in [1.165, 1.54) is 4.90 Å². The fourth-order valence-corrected chi connectivity index (χ4v) is 6.48. The molecule has 2 amide bonds. The summed E-state index contributed by atoms with van der Waals surface area (Å²) in [5.41, 5.74) is 2.65. The van der Waals surface area contributed by atoms with Crippen LogP contribution in [0.2, 0.25) is 5.02 Å². The van der Waals surface area contributed by atoms with E-state index in [9.17, 15) is 14.4 Å². The van der Waals surface area contributed by atoms with Gasteiger partial charge in [-0.05, 0) is 63.5 Å². The average molecular weight is 564 g/mol. The van der Waals surface area contributed by atoms with Crippen LogP contribution in [0.3, 0.4) is 0 Å². The van der Waals surface area contributed by atoms with E-state index in [-0.39, 0.29) is 11.7 Å². The molecule has 0 radical (unpaired) electrons. The summed E-state index contributed by atoms with van der Waals surface area (Å²) in [5, 5.41) is 0.307. The number of hydrogen-bond acceptors (Lipinski definition) is 5. The number of hydrogen-bond donors (Lipinski definition) is 0. The van der Waals surface area contributed by atoms with Crippen LogP contribution in [-0.4, -0.2) is 35.6 Å². The average Bonchev–Trinajstić information content (AvgIpc) is 3.36. The van der Waals surface area contributed by atoms with E-state index in [2.05, 4.69) is 15.9 Å².